The predicted octanol–water partition coefficient (Wildman–Crippen LogP) is 1.80. The van der Waals surface area contributed by atoms with E-state index in [0.29, 0.717) is 5.75 Å². The maximum atomic E-state index is 11.8. The molecule has 0 saturated heterocycles. The molecule has 1 rings (SSSR count). The molecule has 108 valence electrons. The van der Waals surface area contributed by atoms with Crippen LogP contribution in [-0.4, -0.2) is 40.0 Å². The maximum Gasteiger partial charge on any atom is 0.313 e. The predicted molar refractivity (Wildman–Crippen MR) is 75.4 cm³/mol. The van der Waals surface area contributed by atoms with Crippen molar-refractivity contribution in [1.29, 1.82) is 0 Å². The molecule has 7 nitrogen and oxygen atoms in total. The van der Waals surface area contributed by atoms with Crippen LogP contribution < -0.4 is 5.32 Å². The van der Waals surface area contributed by atoms with Crippen molar-refractivity contribution in [3.05, 3.63) is 38.9 Å². The molecule has 0 atom stereocenters. The second kappa shape index (κ2) is 7.71. The number of nitrogens with one attached hydrogen (secondary N) is 1. The van der Waals surface area contributed by atoms with Crippen LogP contribution >= 0.6 is 23.4 Å². The van der Waals surface area contributed by atoms with Gasteiger partial charge in [-0.2, -0.15) is 0 Å². The van der Waals surface area contributed by atoms with Crippen LogP contribution in [0.1, 0.15) is 10.4 Å². The lowest BCUT2D eigenvalue weighted by atomic mass is 10.2. The highest BCUT2D eigenvalue weighted by molar-refractivity contribution is 7.99. The van der Waals surface area contributed by atoms with E-state index in [1.165, 1.54) is 23.9 Å². The van der Waals surface area contributed by atoms with Crippen molar-refractivity contribution in [2.45, 2.75) is 0 Å². The Morgan fingerprint density at radius 2 is 2.15 bits per heavy atom. The second-order valence-electron chi connectivity index (χ2n) is 3.62. The number of carbonyl (C=O) groups is 2. The number of non-ortho nitro benzene ring substituents is 1. The summed E-state index contributed by atoms with van der Waals surface area (Å²) in [5.74, 6) is -0.961. The average molecular weight is 319 g/mol. The Hall–Kier alpha value is -1.80. The summed E-state index contributed by atoms with van der Waals surface area (Å²) < 4.78 is 0. The van der Waals surface area contributed by atoms with E-state index in [4.69, 9.17) is 16.7 Å². The Kier molecular flexibility index (Phi) is 6.26. The van der Waals surface area contributed by atoms with Crippen LogP contribution in [0.2, 0.25) is 5.02 Å². The molecule has 9 heteroatoms. The Balaban J connectivity index is 2.51. The Bertz CT molecular complexity index is 538. The number of aliphatic carboxylic acids is 1. The van der Waals surface area contributed by atoms with Crippen molar-refractivity contribution in [1.82, 2.24) is 5.32 Å². The molecule has 0 unspecified atom stereocenters. The Labute approximate surface area is 123 Å². The standard InChI is InChI=1S/C11H11ClN2O5S/c12-9-5-7(14(18)19)1-2-8(9)11(17)13-3-4-20-6-10(15)16/h1-2,5H,3-4,6H2,(H,13,17)(H,15,16). The second-order valence-corrected chi connectivity index (χ2v) is 5.14. The molecule has 0 aromatic heterocycles. The number of nitrogens with zero attached hydrogens (tertiary/aromatic N) is 1. The molecule has 0 spiro atoms. The summed E-state index contributed by atoms with van der Waals surface area (Å²) in [4.78, 5) is 31.9. The van der Waals surface area contributed by atoms with Crippen molar-refractivity contribution in [3.63, 3.8) is 0 Å². The molecule has 0 radical (unpaired) electrons. The van der Waals surface area contributed by atoms with Gasteiger partial charge in [0.1, 0.15) is 0 Å². The van der Waals surface area contributed by atoms with Crippen molar-refractivity contribution in [3.8, 4) is 0 Å². The number of hydrogen-bond acceptors (Lipinski definition) is 5. The van der Waals surface area contributed by atoms with Gasteiger partial charge in [0.05, 0.1) is 21.3 Å². The van der Waals surface area contributed by atoms with E-state index in [9.17, 15) is 19.7 Å². The molecule has 0 bridgehead atoms. The molecular formula is C11H11ClN2O5S. The Morgan fingerprint density at radius 1 is 1.45 bits per heavy atom. The van der Waals surface area contributed by atoms with Gasteiger partial charge in [-0.1, -0.05) is 11.6 Å². The minimum Gasteiger partial charge on any atom is -0.481 e. The first-order valence-electron chi connectivity index (χ1n) is 5.43. The smallest absolute Gasteiger partial charge is 0.313 e. The molecule has 2 N–H and O–H groups in total. The van der Waals surface area contributed by atoms with Gasteiger partial charge in [-0.25, -0.2) is 0 Å². The van der Waals surface area contributed by atoms with Crippen LogP contribution in [0.5, 0.6) is 0 Å². The van der Waals surface area contributed by atoms with E-state index in [1.807, 2.05) is 0 Å². The SMILES string of the molecule is O=C(O)CSCCNC(=O)c1ccc([N+](=O)[O-])cc1Cl. The quantitative estimate of drug-likeness (QED) is 0.450. The lowest BCUT2D eigenvalue weighted by molar-refractivity contribution is -0.384. The minimum atomic E-state index is -0.917. The van der Waals surface area contributed by atoms with E-state index < -0.39 is 16.8 Å². The van der Waals surface area contributed by atoms with E-state index in [2.05, 4.69) is 5.32 Å². The number of nitro groups is 1. The van der Waals surface area contributed by atoms with Crippen LogP contribution in [0, 0.1) is 10.1 Å². The molecule has 0 saturated carbocycles. The maximum absolute atomic E-state index is 11.8. The van der Waals surface area contributed by atoms with Gasteiger partial charge >= 0.3 is 5.97 Å². The number of carbonyl (C=O) groups excluding carboxylic acids is 1. The summed E-state index contributed by atoms with van der Waals surface area (Å²) in [6.07, 6.45) is 0. The molecule has 20 heavy (non-hydrogen) atoms. The third-order valence-corrected chi connectivity index (χ3v) is 3.42. The van der Waals surface area contributed by atoms with Crippen LogP contribution in [0.25, 0.3) is 0 Å². The van der Waals surface area contributed by atoms with E-state index >= 15 is 0 Å². The minimum absolute atomic E-state index is 0.00473. The molecule has 1 aromatic carbocycles. The highest BCUT2D eigenvalue weighted by Gasteiger charge is 2.14. The summed E-state index contributed by atoms with van der Waals surface area (Å²) in [5, 5.41) is 21.5. The number of carboxylic acids is 1. The fraction of sp³-hybridized carbons (Fsp3) is 0.273. The largest absolute Gasteiger partial charge is 0.481 e. The molecule has 0 aliphatic heterocycles. The van der Waals surface area contributed by atoms with E-state index in [-0.39, 0.29) is 28.6 Å². The summed E-state index contributed by atoms with van der Waals surface area (Å²) in [6.45, 7) is 0.282. The zero-order valence-corrected chi connectivity index (χ0v) is 11.7. The molecule has 1 aromatic rings. The van der Waals surface area contributed by atoms with Gasteiger partial charge in [-0.05, 0) is 6.07 Å². The molecule has 0 heterocycles. The van der Waals surface area contributed by atoms with Gasteiger partial charge in [0.15, 0.2) is 0 Å². The van der Waals surface area contributed by atoms with Crippen LogP contribution in [-0.2, 0) is 4.79 Å². The number of carboxylic acid groups (broad SMARTS) is 1. The third kappa shape index (κ3) is 5.06. The Morgan fingerprint density at radius 3 is 2.70 bits per heavy atom. The lowest BCUT2D eigenvalue weighted by Crippen LogP contribution is -2.26. The summed E-state index contributed by atoms with van der Waals surface area (Å²) in [5.41, 5.74) is -0.0518. The van der Waals surface area contributed by atoms with Crippen molar-refractivity contribution < 1.29 is 19.6 Å². The number of rotatable bonds is 7. The fourth-order valence-electron chi connectivity index (χ4n) is 1.29. The van der Waals surface area contributed by atoms with E-state index in [1.54, 1.807) is 0 Å². The third-order valence-electron chi connectivity index (χ3n) is 2.17. The van der Waals surface area contributed by atoms with Crippen LogP contribution in [0.15, 0.2) is 18.2 Å². The van der Waals surface area contributed by atoms with E-state index in [0.717, 1.165) is 6.07 Å². The molecule has 0 fully saturated rings. The number of halogens is 1. The summed E-state index contributed by atoms with van der Waals surface area (Å²) in [7, 11) is 0. The van der Waals surface area contributed by atoms with Gasteiger partial charge in [-0.15, -0.1) is 11.8 Å². The first-order valence-corrected chi connectivity index (χ1v) is 6.96. The molecular weight excluding hydrogens is 308 g/mol. The monoisotopic (exact) mass is 318 g/mol. The lowest BCUT2D eigenvalue weighted by Gasteiger charge is -2.06. The normalized spacial score (nSPS) is 10.1. The van der Waals surface area contributed by atoms with Crippen LogP contribution in [0.3, 0.4) is 0 Å². The zero-order valence-electron chi connectivity index (χ0n) is 10.2. The first-order chi connectivity index (χ1) is 9.41. The number of thioether (sulfide) groups is 1. The summed E-state index contributed by atoms with van der Waals surface area (Å²) >= 11 is 6.97. The highest BCUT2D eigenvalue weighted by Crippen LogP contribution is 2.22. The van der Waals surface area contributed by atoms with Crippen molar-refractivity contribution in [2.24, 2.45) is 0 Å². The number of hydrogen-bond donors (Lipinski definition) is 2. The first kappa shape index (κ1) is 16.3. The van der Waals surface area contributed by atoms with Crippen molar-refractivity contribution in [2.75, 3.05) is 18.1 Å². The van der Waals surface area contributed by atoms with Gasteiger partial charge in [0.2, 0.25) is 0 Å². The summed E-state index contributed by atoms with van der Waals surface area (Å²) in [6, 6.07) is 3.58. The fourth-order valence-corrected chi connectivity index (χ4v) is 2.12. The molecule has 0 aliphatic rings. The van der Waals surface area contributed by atoms with Gasteiger partial charge in [0.25, 0.3) is 11.6 Å². The van der Waals surface area contributed by atoms with Gasteiger partial charge < -0.3 is 10.4 Å². The number of amides is 1. The number of benzene rings is 1. The number of nitro benzene ring substituents is 1. The zero-order chi connectivity index (χ0) is 15.1. The topological polar surface area (TPSA) is 110 Å². The molecule has 1 amide bonds. The average Bonchev–Trinajstić information content (AvgIpc) is 2.37. The molecule has 0 aliphatic carbocycles. The highest BCUT2D eigenvalue weighted by atomic mass is 35.5. The van der Waals surface area contributed by atoms with Gasteiger partial charge in [0, 0.05) is 24.4 Å². The van der Waals surface area contributed by atoms with Gasteiger partial charge in [-0.3, -0.25) is 19.7 Å². The van der Waals surface area contributed by atoms with Crippen LogP contribution in [0.4, 0.5) is 5.69 Å². The van der Waals surface area contributed by atoms with Crippen molar-refractivity contribution >= 4 is 40.9 Å².